The number of nitrogens with one attached hydrogen (secondary N) is 9. The van der Waals surface area contributed by atoms with Crippen molar-refractivity contribution in [3.05, 3.63) is 77.0 Å². The van der Waals surface area contributed by atoms with Crippen LogP contribution in [0.15, 0.2) is 82.1 Å². The van der Waals surface area contributed by atoms with Gasteiger partial charge in [-0.25, -0.2) is 4.98 Å². The molecule has 40 nitrogen and oxygen atoms in total. The van der Waals surface area contributed by atoms with Gasteiger partial charge in [0.2, 0.25) is 5.91 Å². The lowest BCUT2D eigenvalue weighted by Gasteiger charge is -2.32. The predicted molar refractivity (Wildman–Crippen MR) is 521 cm³/mol. The molecule has 0 aliphatic rings. The number of carbonyl (C=O) groups excluding carboxylic acids is 5. The highest BCUT2D eigenvalue weighted by Crippen LogP contribution is 2.30. The van der Waals surface area contributed by atoms with Crippen molar-refractivity contribution in [3.63, 3.8) is 0 Å². The second-order valence-electron chi connectivity index (χ2n) is 27.9. The summed E-state index contributed by atoms with van der Waals surface area (Å²) in [6.45, 7) is 27.3. The van der Waals surface area contributed by atoms with E-state index in [4.69, 9.17) is 178 Å². The number of hydrogen-bond donors (Lipinski definition) is 9. The van der Waals surface area contributed by atoms with Crippen molar-refractivity contribution < 1.29 is 180 Å². The molecule has 0 aliphatic carbocycles. The Labute approximate surface area is 844 Å². The summed E-state index contributed by atoms with van der Waals surface area (Å²) in [6.07, 6.45) is -5.74. The number of aromatic nitrogens is 1. The Balaban J connectivity index is -0.00000194. The van der Waals surface area contributed by atoms with Crippen molar-refractivity contribution in [2.75, 3.05) is 197 Å². The number of hydrogen-bond acceptors (Lipinski definition) is 41. The van der Waals surface area contributed by atoms with Gasteiger partial charge in [-0.05, 0) is 225 Å². The molecule has 0 saturated heterocycles. The Kier molecular flexibility index (Phi) is 90.6. The molecule has 1 aromatic heterocycles. The van der Waals surface area contributed by atoms with Gasteiger partial charge in [0.05, 0.1) is 66.1 Å². The third-order valence-electron chi connectivity index (χ3n) is 15.4. The van der Waals surface area contributed by atoms with E-state index in [1.807, 2.05) is 18.2 Å². The van der Waals surface area contributed by atoms with Gasteiger partial charge in [-0.15, -0.1) is 52.6 Å². The molecule has 0 saturated carbocycles. The van der Waals surface area contributed by atoms with E-state index in [0.29, 0.717) is 12.3 Å². The Morgan fingerprint density at radius 2 is 0.635 bits per heavy atom. The Morgan fingerprint density at radius 3 is 0.891 bits per heavy atom. The van der Waals surface area contributed by atoms with Crippen LogP contribution in [0.3, 0.4) is 0 Å². The maximum absolute atomic E-state index is 15.0. The van der Waals surface area contributed by atoms with Gasteiger partial charge in [-0.1, -0.05) is 30.7 Å². The SMILES string of the molecule is C=C.C=C.C=C.C=C.CC(C)CCNC(=O)CCSSc1ccccn1.CC(NC(=S)OCC(C)(COC(=S)NC(C)OF)C(=O)OCC(COCC(COC(=O)C(C)(COC(=S)NCCOCCOF)COC(=S)NCCOCCOF)OC(=O)C(C)(COC(=S)NCCOCCOF)COC(=S)NCCOCCOF)OC(=O)C(C)(COC(=S)NC(C)OF)COC(=S)NC(C)OF)OF. The molecule has 137 heavy (non-hydrogen) atoms. The van der Waals surface area contributed by atoms with E-state index in [-0.39, 0.29) is 132 Å². The minimum absolute atomic E-state index is 0.000469. The van der Waals surface area contributed by atoms with Crippen LogP contribution in [0.25, 0.3) is 0 Å². The smallest absolute Gasteiger partial charge is 0.319 e. The van der Waals surface area contributed by atoms with Gasteiger partial charge in [-0.3, -0.25) is 24.0 Å². The monoisotopic (exact) mass is 2170 g/mol. The fraction of sp³-hybridized carbons (Fsp3) is 0.671. The summed E-state index contributed by atoms with van der Waals surface area (Å²) in [4.78, 5) is 103. The van der Waals surface area contributed by atoms with Crippen LogP contribution < -0.4 is 47.9 Å². The summed E-state index contributed by atoms with van der Waals surface area (Å²) in [6, 6.07) is 5.84. The van der Waals surface area contributed by atoms with Crippen molar-refractivity contribution in [2.45, 2.75) is 124 Å². The zero-order valence-corrected chi connectivity index (χ0v) is 86.1. The van der Waals surface area contributed by atoms with E-state index in [1.54, 1.807) is 27.8 Å². The first-order chi connectivity index (χ1) is 65.4. The highest BCUT2D eigenvalue weighted by molar-refractivity contribution is 8.76. The number of rotatable bonds is 70. The molecule has 0 aliphatic heterocycles. The molecule has 0 radical (unpaired) electrons. The Hall–Kier alpha value is -7.40. The lowest BCUT2D eigenvalue weighted by molar-refractivity contribution is -0.185. The normalized spacial score (nSPS) is 12.8. The third kappa shape index (κ3) is 75.2. The number of amides is 1. The molecule has 58 heteroatoms. The summed E-state index contributed by atoms with van der Waals surface area (Å²) in [5.41, 5.74) is -8.04. The lowest BCUT2D eigenvalue weighted by atomic mass is 9.93. The number of esters is 4. The highest BCUT2D eigenvalue weighted by atomic mass is 33.1. The van der Waals surface area contributed by atoms with Crippen molar-refractivity contribution >= 4 is 191 Å². The molecule has 0 spiro atoms. The van der Waals surface area contributed by atoms with E-state index in [2.05, 4.69) is 159 Å². The van der Waals surface area contributed by atoms with Crippen molar-refractivity contribution in [1.82, 2.24) is 52.8 Å². The van der Waals surface area contributed by atoms with Crippen LogP contribution in [0, 0.1) is 27.6 Å². The van der Waals surface area contributed by atoms with Crippen LogP contribution in [0.5, 0.6) is 0 Å². The number of nitrogens with zero attached hydrogens (tertiary/aromatic N) is 1. The van der Waals surface area contributed by atoms with Gasteiger partial charge in [0.15, 0.2) is 37.1 Å². The minimum atomic E-state index is -2.10. The molecule has 1 amide bonds. The van der Waals surface area contributed by atoms with E-state index in [9.17, 15) is 60.2 Å². The standard InChI is InChI=1S/C58H94F8N8O29S8.C13H20N2OS2.4C2H4/c1-37(100-63)71-51(108)90-31-56(6,32-91-52(109)72-38(2)101-64)44(76)85-28-42(99-46(78)58(8,35-92-53(110)73-39(3)102-65)36-93-54(111)74-40(4)103-66)26-83-25-41(98-45(77)57(7,33-88-49(106)69-11-15-81-19-23-96-61)34-89-50(107)70-12-16-82-20-24-97-62)27-84-43(75)55(5,29-86-47(104)67-9-13-79-17-21-94-59)30-87-48(105)68-10-14-80-18-22-95-60;1-11(2)6-9-14-12(16)7-10-17-18-13-5-3-4-8-15-13;4*1-2/h37-42H,9-36H2,1-8H3,(H,67,104)(H,68,105)(H,69,106)(H,70,107)(H,71,108)(H,72,109)(H,73,110)(H,74,111);3-5,8,11H,6-7,9-10H2,1-2H3,(H,14,16);4*1-2H2. The van der Waals surface area contributed by atoms with Gasteiger partial charge in [-0.2, -0.15) is 39.5 Å². The van der Waals surface area contributed by atoms with Crippen LogP contribution in [0.1, 0.15) is 82.1 Å². The average Bonchev–Trinajstić information content (AvgIpc) is 0.834. The summed E-state index contributed by atoms with van der Waals surface area (Å²) in [5, 5.41) is 20.9. The molecular formula is C79H130F8N10O30S10. The van der Waals surface area contributed by atoms with Crippen LogP contribution in [0.4, 0.5) is 36.2 Å². The third-order valence-corrected chi connectivity index (χ3v) is 19.7. The first kappa shape index (κ1) is 138. The molecule has 6 atom stereocenters. The number of halogens is 8. The summed E-state index contributed by atoms with van der Waals surface area (Å²) in [5.74, 6) is -3.33. The molecule has 0 fully saturated rings. The highest BCUT2D eigenvalue weighted by Gasteiger charge is 2.45. The Bertz CT molecular complexity index is 3330. The topological polar surface area (TPSA) is 437 Å². The first-order valence-electron chi connectivity index (χ1n) is 41.0. The molecule has 792 valence electrons. The van der Waals surface area contributed by atoms with Crippen molar-refractivity contribution in [2.24, 2.45) is 27.6 Å². The molecule has 0 bridgehead atoms. The molecule has 6 unspecified atom stereocenters. The average molecular weight is 2170 g/mol. The Morgan fingerprint density at radius 1 is 0.358 bits per heavy atom. The summed E-state index contributed by atoms with van der Waals surface area (Å²) in [7, 11) is 3.28. The zero-order valence-electron chi connectivity index (χ0n) is 77.9. The van der Waals surface area contributed by atoms with Crippen LogP contribution in [0.2, 0.25) is 0 Å². The zero-order chi connectivity index (χ0) is 105. The van der Waals surface area contributed by atoms with Gasteiger partial charge in [0, 0.05) is 51.1 Å². The quantitative estimate of drug-likeness (QED) is 0.00428. The fourth-order valence-electron chi connectivity index (χ4n) is 8.29. The number of ether oxygens (including phenoxy) is 17. The van der Waals surface area contributed by atoms with E-state index >= 15 is 0 Å². The van der Waals surface area contributed by atoms with Gasteiger partial charge in [0.25, 0.3) is 41.4 Å². The number of thiocarbonyl (C=S) groups is 8. The van der Waals surface area contributed by atoms with Crippen molar-refractivity contribution in [3.8, 4) is 0 Å². The summed E-state index contributed by atoms with van der Waals surface area (Å²) >= 11 is 42.0. The van der Waals surface area contributed by atoms with Crippen LogP contribution in [-0.4, -0.2) is 310 Å². The molecule has 1 aromatic rings. The number of pyridine rings is 1. The van der Waals surface area contributed by atoms with Gasteiger partial charge < -0.3 is 128 Å². The second kappa shape index (κ2) is 89.9. The van der Waals surface area contributed by atoms with Crippen LogP contribution >= 0.6 is 119 Å². The predicted octanol–water partition coefficient (Wildman–Crippen LogP) is 10.3. The van der Waals surface area contributed by atoms with E-state index in [1.165, 1.54) is 55.4 Å². The molecule has 0 aromatic carbocycles. The largest absolute Gasteiger partial charge is 0.470 e. The fourth-order valence-corrected chi connectivity index (χ4v) is 11.7. The molecule has 9 N–H and O–H groups in total. The van der Waals surface area contributed by atoms with Crippen molar-refractivity contribution in [1.29, 1.82) is 0 Å². The molecule has 1 heterocycles. The van der Waals surface area contributed by atoms with Crippen LogP contribution in [-0.2, 0) is 144 Å². The maximum atomic E-state index is 15.0. The lowest BCUT2D eigenvalue weighted by Crippen LogP contribution is -2.47. The molecular weight excluding hydrogens is 2040 g/mol. The number of carbonyl (C=O) groups is 5. The van der Waals surface area contributed by atoms with Gasteiger partial charge in [0.1, 0.15) is 119 Å². The second-order valence-corrected chi connectivity index (χ2v) is 33.3. The molecule has 1 rings (SSSR count). The summed E-state index contributed by atoms with van der Waals surface area (Å²) < 4.78 is 197. The first-order valence-corrected chi connectivity index (χ1v) is 46.6. The van der Waals surface area contributed by atoms with Gasteiger partial charge >= 0.3 is 23.9 Å². The minimum Gasteiger partial charge on any atom is -0.470 e. The maximum Gasteiger partial charge on any atom is 0.319 e. The van der Waals surface area contributed by atoms with E-state index in [0.717, 1.165) is 23.7 Å². The van der Waals surface area contributed by atoms with E-state index < -0.39 is 183 Å².